The van der Waals surface area contributed by atoms with Gasteiger partial charge in [-0.25, -0.2) is 4.79 Å². The van der Waals surface area contributed by atoms with E-state index in [0.29, 0.717) is 19.6 Å². The molecule has 0 aliphatic carbocycles. The molecule has 1 aliphatic rings. The van der Waals surface area contributed by atoms with Crippen molar-refractivity contribution in [3.63, 3.8) is 0 Å². The zero-order chi connectivity index (χ0) is 22.2. The van der Waals surface area contributed by atoms with Crippen LogP contribution in [-0.2, 0) is 16.0 Å². The van der Waals surface area contributed by atoms with Crippen LogP contribution < -0.4 is 4.74 Å². The number of carbonyl (C=O) groups is 1. The zero-order valence-electron chi connectivity index (χ0n) is 18.1. The number of carboxylic acids is 1. The summed E-state index contributed by atoms with van der Waals surface area (Å²) in [6.07, 6.45) is 2.82. The number of halogens is 1. The third kappa shape index (κ3) is 6.82. The first-order valence-corrected chi connectivity index (χ1v) is 11.1. The van der Waals surface area contributed by atoms with E-state index in [2.05, 4.69) is 30.0 Å². The Morgan fingerprint density at radius 2 is 1.87 bits per heavy atom. The van der Waals surface area contributed by atoms with Crippen LogP contribution in [0.25, 0.3) is 5.57 Å². The third-order valence-electron chi connectivity index (χ3n) is 5.56. The van der Waals surface area contributed by atoms with Gasteiger partial charge >= 0.3 is 5.97 Å². The van der Waals surface area contributed by atoms with Crippen molar-refractivity contribution in [1.29, 1.82) is 0 Å². The van der Waals surface area contributed by atoms with Crippen LogP contribution in [0.2, 0.25) is 5.02 Å². The Kier molecular flexibility index (Phi) is 8.52. The van der Waals surface area contributed by atoms with Gasteiger partial charge in [-0.05, 0) is 61.2 Å². The lowest BCUT2D eigenvalue weighted by Gasteiger charge is -2.31. The number of hydrogen-bond donors (Lipinski definition) is 1. The van der Waals surface area contributed by atoms with Crippen LogP contribution in [0, 0.1) is 0 Å². The molecule has 1 N–H and O–H groups in total. The molecule has 0 radical (unpaired) electrons. The maximum atomic E-state index is 11.2. The Labute approximate surface area is 189 Å². The van der Waals surface area contributed by atoms with Crippen LogP contribution in [0.15, 0.2) is 54.6 Å². The van der Waals surface area contributed by atoms with Gasteiger partial charge in [0.2, 0.25) is 0 Å². The van der Waals surface area contributed by atoms with Crippen molar-refractivity contribution in [3.8, 4) is 5.75 Å². The molecule has 0 fully saturated rings. The molecule has 5 nitrogen and oxygen atoms in total. The van der Waals surface area contributed by atoms with Gasteiger partial charge in [0.25, 0.3) is 0 Å². The van der Waals surface area contributed by atoms with E-state index in [0.717, 1.165) is 35.8 Å². The highest BCUT2D eigenvalue weighted by Crippen LogP contribution is 2.25. The fourth-order valence-electron chi connectivity index (χ4n) is 3.69. The van der Waals surface area contributed by atoms with E-state index in [4.69, 9.17) is 21.1 Å². The van der Waals surface area contributed by atoms with Gasteiger partial charge in [0.05, 0.1) is 0 Å². The van der Waals surface area contributed by atoms with Crippen LogP contribution in [0.3, 0.4) is 0 Å². The van der Waals surface area contributed by atoms with Crippen molar-refractivity contribution >= 4 is 23.1 Å². The van der Waals surface area contributed by atoms with E-state index in [1.54, 1.807) is 6.92 Å². The average molecular weight is 444 g/mol. The van der Waals surface area contributed by atoms with Crippen LogP contribution in [-0.4, -0.2) is 54.4 Å². The minimum atomic E-state index is -0.939. The Morgan fingerprint density at radius 3 is 2.45 bits per heavy atom. The van der Waals surface area contributed by atoms with Gasteiger partial charge in [-0.2, -0.15) is 0 Å². The van der Waals surface area contributed by atoms with E-state index in [1.165, 1.54) is 11.1 Å². The molecule has 1 heterocycles. The van der Waals surface area contributed by atoms with Gasteiger partial charge < -0.3 is 14.6 Å². The Morgan fingerprint density at radius 1 is 1.16 bits per heavy atom. The van der Waals surface area contributed by atoms with E-state index in [9.17, 15) is 9.90 Å². The number of ether oxygens (including phenoxy) is 2. The van der Waals surface area contributed by atoms with E-state index in [-0.39, 0.29) is 6.04 Å². The van der Waals surface area contributed by atoms with E-state index < -0.39 is 12.1 Å². The molecule has 1 aliphatic heterocycles. The second-order valence-electron chi connectivity index (χ2n) is 7.77. The molecule has 0 aromatic heterocycles. The first kappa shape index (κ1) is 23.3. The lowest BCUT2D eigenvalue weighted by atomic mass is 9.99. The number of rotatable bonds is 10. The van der Waals surface area contributed by atoms with Gasteiger partial charge in [-0.15, -0.1) is 0 Å². The molecule has 2 atom stereocenters. The Bertz CT molecular complexity index is 879. The highest BCUT2D eigenvalue weighted by Gasteiger charge is 2.19. The summed E-state index contributed by atoms with van der Waals surface area (Å²) >= 11 is 5.99. The van der Waals surface area contributed by atoms with Gasteiger partial charge in [0, 0.05) is 37.2 Å². The summed E-state index contributed by atoms with van der Waals surface area (Å²) < 4.78 is 11.3. The third-order valence-corrected chi connectivity index (χ3v) is 5.81. The predicted molar refractivity (Wildman–Crippen MR) is 124 cm³/mol. The summed E-state index contributed by atoms with van der Waals surface area (Å²) in [4.78, 5) is 13.6. The minimum absolute atomic E-state index is 0.289. The van der Waals surface area contributed by atoms with Gasteiger partial charge in [-0.3, -0.25) is 4.90 Å². The molecule has 2 aromatic rings. The van der Waals surface area contributed by atoms with Crippen LogP contribution in [0.4, 0.5) is 0 Å². The van der Waals surface area contributed by atoms with E-state index in [1.807, 2.05) is 36.4 Å². The van der Waals surface area contributed by atoms with Gasteiger partial charge in [0.15, 0.2) is 6.10 Å². The molecule has 166 valence electrons. The standard InChI is InChI=1S/C25H30ClNO4/c1-3-30-24(25(28)29)16-19-4-10-23(11-5-19)31-17-18(2)27-14-12-21(13-15-27)20-6-8-22(26)9-7-20/h4-12,18,24H,3,13-17H2,1-2H3,(H,28,29). The number of nitrogens with zero attached hydrogens (tertiary/aromatic N) is 1. The second kappa shape index (κ2) is 11.3. The number of benzene rings is 2. The summed E-state index contributed by atoms with van der Waals surface area (Å²) in [5.74, 6) is -0.154. The molecular formula is C25H30ClNO4. The molecule has 0 saturated heterocycles. The summed E-state index contributed by atoms with van der Waals surface area (Å²) in [5, 5.41) is 9.98. The van der Waals surface area contributed by atoms with Gasteiger partial charge in [-0.1, -0.05) is 41.9 Å². The number of aliphatic carboxylic acids is 1. The summed E-state index contributed by atoms with van der Waals surface area (Å²) in [6.45, 7) is 6.84. The maximum absolute atomic E-state index is 11.2. The molecule has 2 unspecified atom stereocenters. The molecule has 3 rings (SSSR count). The first-order valence-electron chi connectivity index (χ1n) is 10.7. The zero-order valence-corrected chi connectivity index (χ0v) is 18.8. The SMILES string of the molecule is CCOC(Cc1ccc(OCC(C)N2CC=C(c3ccc(Cl)cc3)CC2)cc1)C(=O)O. The monoisotopic (exact) mass is 443 g/mol. The molecule has 0 amide bonds. The molecule has 0 saturated carbocycles. The van der Waals surface area contributed by atoms with Crippen molar-refractivity contribution in [1.82, 2.24) is 4.90 Å². The van der Waals surface area contributed by atoms with Gasteiger partial charge in [0.1, 0.15) is 12.4 Å². The van der Waals surface area contributed by atoms with Crippen molar-refractivity contribution in [3.05, 3.63) is 70.8 Å². The van der Waals surface area contributed by atoms with E-state index >= 15 is 0 Å². The molecule has 6 heteroatoms. The Balaban J connectivity index is 1.48. The largest absolute Gasteiger partial charge is 0.492 e. The lowest BCUT2D eigenvalue weighted by Crippen LogP contribution is -2.40. The van der Waals surface area contributed by atoms with Crippen molar-refractivity contribution in [2.75, 3.05) is 26.3 Å². The highest BCUT2D eigenvalue weighted by atomic mass is 35.5. The second-order valence-corrected chi connectivity index (χ2v) is 8.21. The maximum Gasteiger partial charge on any atom is 0.333 e. The first-order chi connectivity index (χ1) is 15.0. The van der Waals surface area contributed by atoms with Crippen molar-refractivity contribution < 1.29 is 19.4 Å². The summed E-state index contributed by atoms with van der Waals surface area (Å²) in [7, 11) is 0. The topological polar surface area (TPSA) is 59.0 Å². The minimum Gasteiger partial charge on any atom is -0.492 e. The molecule has 0 bridgehead atoms. The number of hydrogen-bond acceptors (Lipinski definition) is 4. The predicted octanol–water partition coefficient (Wildman–Crippen LogP) is 4.93. The van der Waals surface area contributed by atoms with Crippen LogP contribution >= 0.6 is 11.6 Å². The number of carboxylic acid groups (broad SMARTS) is 1. The van der Waals surface area contributed by atoms with Crippen LogP contribution in [0.5, 0.6) is 5.75 Å². The molecular weight excluding hydrogens is 414 g/mol. The summed E-state index contributed by atoms with van der Waals surface area (Å²) in [6, 6.07) is 15.9. The fraction of sp³-hybridized carbons (Fsp3) is 0.400. The summed E-state index contributed by atoms with van der Waals surface area (Å²) in [5.41, 5.74) is 3.52. The molecule has 0 spiro atoms. The molecule has 2 aromatic carbocycles. The van der Waals surface area contributed by atoms with Crippen molar-refractivity contribution in [2.45, 2.75) is 38.8 Å². The quantitative estimate of drug-likeness (QED) is 0.564. The van der Waals surface area contributed by atoms with Crippen molar-refractivity contribution in [2.24, 2.45) is 0 Å². The average Bonchev–Trinajstić information content (AvgIpc) is 2.78. The smallest absolute Gasteiger partial charge is 0.333 e. The van der Waals surface area contributed by atoms with Crippen LogP contribution in [0.1, 0.15) is 31.4 Å². The lowest BCUT2D eigenvalue weighted by molar-refractivity contribution is -0.149. The fourth-order valence-corrected chi connectivity index (χ4v) is 3.81. The normalized spacial score (nSPS) is 16.4. The Hall–Kier alpha value is -2.34. The highest BCUT2D eigenvalue weighted by molar-refractivity contribution is 6.30. The molecule has 31 heavy (non-hydrogen) atoms.